The van der Waals surface area contributed by atoms with Crippen molar-refractivity contribution < 1.29 is 9.18 Å². The first kappa shape index (κ1) is 14.8. The van der Waals surface area contributed by atoms with Crippen molar-refractivity contribution >= 4 is 11.7 Å². The Bertz CT molecular complexity index is 502. The lowest BCUT2D eigenvalue weighted by atomic mass is 10.0. The van der Waals surface area contributed by atoms with Gasteiger partial charge in [0.1, 0.15) is 11.6 Å². The van der Waals surface area contributed by atoms with Crippen LogP contribution >= 0.6 is 0 Å². The van der Waals surface area contributed by atoms with Crippen molar-refractivity contribution in [3.05, 3.63) is 23.6 Å². The van der Waals surface area contributed by atoms with Gasteiger partial charge >= 0.3 is 0 Å². The minimum Gasteiger partial charge on any atom is -0.369 e. The van der Waals surface area contributed by atoms with Gasteiger partial charge in [-0.2, -0.15) is 0 Å². The summed E-state index contributed by atoms with van der Waals surface area (Å²) < 4.78 is 13.4. The normalized spacial score (nSPS) is 17.3. The maximum atomic E-state index is 13.4. The second kappa shape index (κ2) is 5.77. The van der Waals surface area contributed by atoms with Gasteiger partial charge < -0.3 is 10.2 Å². The summed E-state index contributed by atoms with van der Waals surface area (Å²) in [7, 11) is 0. The van der Waals surface area contributed by atoms with Crippen LogP contribution in [0.15, 0.2) is 12.3 Å². The molecule has 0 saturated carbocycles. The van der Waals surface area contributed by atoms with Gasteiger partial charge in [-0.15, -0.1) is 0 Å². The average Bonchev–Trinajstić information content (AvgIpc) is 2.76. The molecule has 5 heteroatoms. The van der Waals surface area contributed by atoms with Gasteiger partial charge in [-0.05, 0) is 39.2 Å². The molecule has 1 aromatic rings. The van der Waals surface area contributed by atoms with Crippen LogP contribution in [0.5, 0.6) is 0 Å². The standard InChI is InChI=1S/C15H22FN3O/c1-4-7-17-13-12(9-11(16)10-18-13)14(20)19-8-5-6-15(19,2)3/h9-10H,4-8H2,1-3H3,(H,17,18). The van der Waals surface area contributed by atoms with E-state index in [9.17, 15) is 9.18 Å². The van der Waals surface area contributed by atoms with Crippen molar-refractivity contribution in [2.75, 3.05) is 18.4 Å². The van der Waals surface area contributed by atoms with Crippen LogP contribution in [0.2, 0.25) is 0 Å². The zero-order valence-corrected chi connectivity index (χ0v) is 12.4. The lowest BCUT2D eigenvalue weighted by Crippen LogP contribution is -2.43. The zero-order chi connectivity index (χ0) is 14.8. The molecule has 1 aliphatic heterocycles. The minimum atomic E-state index is -0.479. The molecule has 1 aliphatic rings. The van der Waals surface area contributed by atoms with Gasteiger partial charge in [0.25, 0.3) is 5.91 Å². The number of carbonyl (C=O) groups is 1. The molecule has 0 atom stereocenters. The number of hydrogen-bond donors (Lipinski definition) is 1. The number of likely N-dealkylation sites (tertiary alicyclic amines) is 1. The minimum absolute atomic E-state index is 0.141. The molecule has 1 fully saturated rings. The van der Waals surface area contributed by atoms with Gasteiger partial charge in [0.15, 0.2) is 0 Å². The second-order valence-corrected chi connectivity index (χ2v) is 5.85. The summed E-state index contributed by atoms with van der Waals surface area (Å²) in [5, 5.41) is 3.10. The highest BCUT2D eigenvalue weighted by molar-refractivity contribution is 5.99. The Hall–Kier alpha value is -1.65. The summed E-state index contributed by atoms with van der Waals surface area (Å²) in [6.07, 6.45) is 4.02. The topological polar surface area (TPSA) is 45.2 Å². The van der Waals surface area contributed by atoms with Crippen LogP contribution in [-0.2, 0) is 0 Å². The van der Waals surface area contributed by atoms with Crippen molar-refractivity contribution in [1.29, 1.82) is 0 Å². The molecule has 4 nitrogen and oxygen atoms in total. The van der Waals surface area contributed by atoms with E-state index in [-0.39, 0.29) is 11.4 Å². The number of aromatic nitrogens is 1. The Kier molecular flexibility index (Phi) is 4.26. The number of rotatable bonds is 4. The highest BCUT2D eigenvalue weighted by Gasteiger charge is 2.36. The Morgan fingerprint density at radius 1 is 1.55 bits per heavy atom. The van der Waals surface area contributed by atoms with Crippen LogP contribution in [0.3, 0.4) is 0 Å². The van der Waals surface area contributed by atoms with E-state index in [4.69, 9.17) is 0 Å². The molecule has 0 bridgehead atoms. The molecule has 110 valence electrons. The molecule has 0 unspecified atom stereocenters. The smallest absolute Gasteiger partial charge is 0.258 e. The number of nitrogens with zero attached hydrogens (tertiary/aromatic N) is 2. The van der Waals surface area contributed by atoms with Crippen molar-refractivity contribution in [3.8, 4) is 0 Å². The maximum absolute atomic E-state index is 13.4. The van der Waals surface area contributed by atoms with E-state index in [1.165, 1.54) is 6.07 Å². The molecule has 1 aromatic heterocycles. The molecule has 1 N–H and O–H groups in total. The highest BCUT2D eigenvalue weighted by Crippen LogP contribution is 2.31. The monoisotopic (exact) mass is 279 g/mol. The molecule has 2 heterocycles. The molecule has 0 aromatic carbocycles. The van der Waals surface area contributed by atoms with Crippen LogP contribution in [0, 0.1) is 5.82 Å². The molecule has 0 radical (unpaired) electrons. The first-order valence-electron chi connectivity index (χ1n) is 7.17. The number of nitrogens with one attached hydrogen (secondary N) is 1. The van der Waals surface area contributed by atoms with Gasteiger partial charge in [-0.25, -0.2) is 9.37 Å². The third-order valence-electron chi connectivity index (χ3n) is 3.77. The molecule has 20 heavy (non-hydrogen) atoms. The summed E-state index contributed by atoms with van der Waals surface area (Å²) in [5.41, 5.74) is 0.152. The molecular weight excluding hydrogens is 257 g/mol. The fraction of sp³-hybridized carbons (Fsp3) is 0.600. The molecule has 1 amide bonds. The Morgan fingerprint density at radius 3 is 2.90 bits per heavy atom. The van der Waals surface area contributed by atoms with Crippen molar-refractivity contribution in [2.45, 2.75) is 45.6 Å². The van der Waals surface area contributed by atoms with Crippen molar-refractivity contribution in [3.63, 3.8) is 0 Å². The van der Waals surface area contributed by atoms with Gasteiger partial charge in [-0.1, -0.05) is 6.92 Å². The molecule has 0 spiro atoms. The molecule has 1 saturated heterocycles. The number of amides is 1. The molecule has 0 aliphatic carbocycles. The molecular formula is C15H22FN3O. The van der Waals surface area contributed by atoms with Gasteiger partial charge in [0.05, 0.1) is 11.8 Å². The van der Waals surface area contributed by atoms with Gasteiger partial charge in [0.2, 0.25) is 0 Å². The maximum Gasteiger partial charge on any atom is 0.258 e. The van der Waals surface area contributed by atoms with Gasteiger partial charge in [-0.3, -0.25) is 4.79 Å². The average molecular weight is 279 g/mol. The Labute approximate surface area is 119 Å². The van der Waals surface area contributed by atoms with E-state index in [2.05, 4.69) is 10.3 Å². The van der Waals surface area contributed by atoms with Crippen molar-refractivity contribution in [1.82, 2.24) is 9.88 Å². The third-order valence-corrected chi connectivity index (χ3v) is 3.77. The predicted molar refractivity (Wildman–Crippen MR) is 77.3 cm³/mol. The third kappa shape index (κ3) is 2.92. The van der Waals surface area contributed by atoms with E-state index < -0.39 is 5.82 Å². The molecule has 2 rings (SSSR count). The summed E-state index contributed by atoms with van der Waals surface area (Å²) in [4.78, 5) is 18.5. The van der Waals surface area contributed by atoms with Crippen LogP contribution in [0.1, 0.15) is 50.4 Å². The fourth-order valence-corrected chi connectivity index (χ4v) is 2.62. The second-order valence-electron chi connectivity index (χ2n) is 5.85. The first-order chi connectivity index (χ1) is 9.45. The Morgan fingerprint density at radius 2 is 2.30 bits per heavy atom. The largest absolute Gasteiger partial charge is 0.369 e. The van der Waals surface area contributed by atoms with Crippen molar-refractivity contribution in [2.24, 2.45) is 0 Å². The van der Waals surface area contributed by atoms with E-state index in [1.54, 1.807) is 0 Å². The lowest BCUT2D eigenvalue weighted by molar-refractivity contribution is 0.0652. The predicted octanol–water partition coefficient (Wildman–Crippen LogP) is 3.06. The highest BCUT2D eigenvalue weighted by atomic mass is 19.1. The SMILES string of the molecule is CCCNc1ncc(F)cc1C(=O)N1CCCC1(C)C. The number of anilines is 1. The zero-order valence-electron chi connectivity index (χ0n) is 12.4. The van der Waals surface area contributed by atoms with E-state index in [1.807, 2.05) is 25.7 Å². The number of halogens is 1. The van der Waals surface area contributed by atoms with E-state index >= 15 is 0 Å². The summed E-state index contributed by atoms with van der Waals surface area (Å²) in [6, 6.07) is 1.28. The first-order valence-corrected chi connectivity index (χ1v) is 7.17. The number of pyridine rings is 1. The van der Waals surface area contributed by atoms with E-state index in [0.29, 0.717) is 17.9 Å². The van der Waals surface area contributed by atoms with Gasteiger partial charge in [0, 0.05) is 18.6 Å². The van der Waals surface area contributed by atoms with Crippen LogP contribution in [0.25, 0.3) is 0 Å². The lowest BCUT2D eigenvalue weighted by Gasteiger charge is -2.32. The van der Waals surface area contributed by atoms with Crippen LogP contribution in [-0.4, -0.2) is 34.4 Å². The number of hydrogen-bond acceptors (Lipinski definition) is 3. The Balaban J connectivity index is 2.30. The van der Waals surface area contributed by atoms with Crippen LogP contribution in [0.4, 0.5) is 10.2 Å². The van der Waals surface area contributed by atoms with E-state index in [0.717, 1.165) is 32.0 Å². The summed E-state index contributed by atoms with van der Waals surface area (Å²) >= 11 is 0. The summed E-state index contributed by atoms with van der Waals surface area (Å²) in [5.74, 6) is -0.147. The summed E-state index contributed by atoms with van der Waals surface area (Å²) in [6.45, 7) is 7.55. The number of carbonyl (C=O) groups excluding carboxylic acids is 1. The van der Waals surface area contributed by atoms with Crippen LogP contribution < -0.4 is 5.32 Å². The quantitative estimate of drug-likeness (QED) is 0.921. The fourth-order valence-electron chi connectivity index (χ4n) is 2.62.